The van der Waals surface area contributed by atoms with Gasteiger partial charge in [-0.2, -0.15) is 5.26 Å². The lowest BCUT2D eigenvalue weighted by Crippen LogP contribution is -2.16. The minimum Gasteiger partial charge on any atom is -0.492 e. The number of rotatable bonds is 2. The van der Waals surface area contributed by atoms with Crippen molar-refractivity contribution in [2.75, 3.05) is 13.2 Å². The van der Waals surface area contributed by atoms with Gasteiger partial charge in [0.05, 0.1) is 12.3 Å². The molecule has 0 saturated carbocycles. The third-order valence-corrected chi connectivity index (χ3v) is 2.04. The van der Waals surface area contributed by atoms with Crippen LogP contribution in [0.3, 0.4) is 0 Å². The Bertz CT molecular complexity index is 421. The maximum Gasteiger partial charge on any atom is 0.202 e. The Balaban J connectivity index is 2.22. The molecule has 15 heavy (non-hydrogen) atoms. The highest BCUT2D eigenvalue weighted by molar-refractivity contribution is 6.03. The molecule has 0 unspecified atom stereocenters. The van der Waals surface area contributed by atoms with Crippen molar-refractivity contribution >= 4 is 5.71 Å². The predicted molar refractivity (Wildman–Crippen MR) is 53.5 cm³/mol. The van der Waals surface area contributed by atoms with Gasteiger partial charge in [0.25, 0.3) is 0 Å². The van der Waals surface area contributed by atoms with Gasteiger partial charge in [-0.05, 0) is 18.2 Å². The number of nitrogens with zero attached hydrogens (tertiary/aromatic N) is 2. The fourth-order valence-corrected chi connectivity index (χ4v) is 1.40. The molecular weight excluding hydrogens is 192 g/mol. The number of nitriles is 1. The summed E-state index contributed by atoms with van der Waals surface area (Å²) in [7, 11) is 0. The van der Waals surface area contributed by atoms with Gasteiger partial charge < -0.3 is 9.57 Å². The first-order valence-corrected chi connectivity index (χ1v) is 4.61. The minimum atomic E-state index is -0.0291. The van der Waals surface area contributed by atoms with Gasteiger partial charge in [-0.3, -0.25) is 0 Å². The van der Waals surface area contributed by atoms with E-state index in [0.29, 0.717) is 13.0 Å². The lowest BCUT2D eigenvalue weighted by molar-refractivity contribution is 0.176. The Morgan fingerprint density at radius 2 is 2.60 bits per heavy atom. The van der Waals surface area contributed by atoms with Crippen molar-refractivity contribution in [2.24, 2.45) is 5.16 Å². The third kappa shape index (κ3) is 2.08. The fraction of sp³-hybridized carbons (Fsp3) is 0.273. The summed E-state index contributed by atoms with van der Waals surface area (Å²) in [6.45, 7) is 0.554. The van der Waals surface area contributed by atoms with E-state index in [1.54, 1.807) is 12.1 Å². The molecule has 1 radical (unpaired) electrons. The van der Waals surface area contributed by atoms with Gasteiger partial charge in [0.1, 0.15) is 11.8 Å². The van der Waals surface area contributed by atoms with E-state index in [-0.39, 0.29) is 6.61 Å². The Morgan fingerprint density at radius 1 is 1.67 bits per heavy atom. The molecule has 4 nitrogen and oxygen atoms in total. The molecule has 0 aromatic heterocycles. The van der Waals surface area contributed by atoms with Crippen LogP contribution in [0.2, 0.25) is 0 Å². The summed E-state index contributed by atoms with van der Waals surface area (Å²) in [5.74, 6) is 0.767. The highest BCUT2D eigenvalue weighted by atomic mass is 16.6. The summed E-state index contributed by atoms with van der Waals surface area (Å²) >= 11 is 0. The van der Waals surface area contributed by atoms with Crippen LogP contribution >= 0.6 is 0 Å². The van der Waals surface area contributed by atoms with E-state index in [4.69, 9.17) is 14.8 Å². The van der Waals surface area contributed by atoms with Crippen LogP contribution in [-0.2, 0) is 4.84 Å². The topological polar surface area (TPSA) is 54.6 Å². The molecule has 1 aromatic rings. The smallest absolute Gasteiger partial charge is 0.202 e. The van der Waals surface area contributed by atoms with Gasteiger partial charge in [0.15, 0.2) is 0 Å². The van der Waals surface area contributed by atoms with Crippen molar-refractivity contribution < 1.29 is 9.57 Å². The SMILES string of the molecule is N#CCO/N=C1/CCOc2c[c]ccc21. The minimum absolute atomic E-state index is 0.0291. The number of hydrogen-bond acceptors (Lipinski definition) is 4. The first-order valence-electron chi connectivity index (χ1n) is 4.61. The molecule has 1 aliphatic rings. The molecule has 0 N–H and O–H groups in total. The molecule has 1 aliphatic heterocycles. The first-order chi connectivity index (χ1) is 7.42. The van der Waals surface area contributed by atoms with Crippen LogP contribution in [0.4, 0.5) is 0 Å². The zero-order chi connectivity index (χ0) is 10.5. The standard InChI is InChI=1S/C11H9N2O2/c12-6-8-15-13-10-5-7-14-11-4-2-1-3-9(10)11/h1,3-4H,5,7-8H2/b13-10-. The summed E-state index contributed by atoms with van der Waals surface area (Å²) in [4.78, 5) is 4.84. The van der Waals surface area contributed by atoms with Crippen molar-refractivity contribution in [3.63, 3.8) is 0 Å². The molecule has 1 aromatic carbocycles. The van der Waals surface area contributed by atoms with Crippen LogP contribution in [0.15, 0.2) is 23.4 Å². The maximum atomic E-state index is 8.32. The molecule has 4 heteroatoms. The molecular formula is C11H9N2O2. The van der Waals surface area contributed by atoms with Gasteiger partial charge in [-0.1, -0.05) is 11.2 Å². The van der Waals surface area contributed by atoms with Crippen molar-refractivity contribution in [2.45, 2.75) is 6.42 Å². The lowest BCUT2D eigenvalue weighted by atomic mass is 10.0. The van der Waals surface area contributed by atoms with E-state index in [2.05, 4.69) is 11.2 Å². The maximum absolute atomic E-state index is 8.32. The van der Waals surface area contributed by atoms with Crippen LogP contribution in [0.25, 0.3) is 0 Å². The van der Waals surface area contributed by atoms with Crippen molar-refractivity contribution in [3.05, 3.63) is 29.8 Å². The molecule has 1 heterocycles. The Hall–Kier alpha value is -2.02. The van der Waals surface area contributed by atoms with Crippen molar-refractivity contribution in [1.29, 1.82) is 5.26 Å². The van der Waals surface area contributed by atoms with Crippen molar-refractivity contribution in [1.82, 2.24) is 0 Å². The highest BCUT2D eigenvalue weighted by Crippen LogP contribution is 2.24. The highest BCUT2D eigenvalue weighted by Gasteiger charge is 2.16. The van der Waals surface area contributed by atoms with Gasteiger partial charge in [0, 0.05) is 12.0 Å². The number of fused-ring (bicyclic) bond motifs is 1. The second-order valence-corrected chi connectivity index (χ2v) is 2.99. The van der Waals surface area contributed by atoms with Crippen LogP contribution in [0.5, 0.6) is 5.75 Å². The predicted octanol–water partition coefficient (Wildman–Crippen LogP) is 1.51. The molecule has 0 aliphatic carbocycles. The van der Waals surface area contributed by atoms with E-state index >= 15 is 0 Å². The monoisotopic (exact) mass is 201 g/mol. The Labute approximate surface area is 87.7 Å². The summed E-state index contributed by atoms with van der Waals surface area (Å²) in [5.41, 5.74) is 1.73. The van der Waals surface area contributed by atoms with Gasteiger partial charge in [0.2, 0.25) is 6.61 Å². The fourth-order valence-electron chi connectivity index (χ4n) is 1.40. The number of oxime groups is 1. The Morgan fingerprint density at radius 3 is 3.47 bits per heavy atom. The summed E-state index contributed by atoms with van der Waals surface area (Å²) < 4.78 is 5.43. The van der Waals surface area contributed by atoms with E-state index in [0.717, 1.165) is 17.0 Å². The normalized spacial score (nSPS) is 16.3. The second-order valence-electron chi connectivity index (χ2n) is 2.99. The number of ether oxygens (including phenoxy) is 1. The van der Waals surface area contributed by atoms with E-state index in [1.807, 2.05) is 12.1 Å². The molecule has 0 atom stereocenters. The number of hydrogen-bond donors (Lipinski definition) is 0. The van der Waals surface area contributed by atoms with E-state index in [9.17, 15) is 0 Å². The molecule has 0 bridgehead atoms. The Kier molecular flexibility index (Phi) is 2.84. The third-order valence-electron chi connectivity index (χ3n) is 2.04. The number of benzene rings is 1. The zero-order valence-corrected chi connectivity index (χ0v) is 8.06. The van der Waals surface area contributed by atoms with Crippen LogP contribution in [-0.4, -0.2) is 18.9 Å². The van der Waals surface area contributed by atoms with Gasteiger partial charge in [-0.25, -0.2) is 0 Å². The molecule has 75 valence electrons. The average molecular weight is 201 g/mol. The van der Waals surface area contributed by atoms with Crippen LogP contribution in [0, 0.1) is 17.4 Å². The summed E-state index contributed by atoms with van der Waals surface area (Å²) in [6.07, 6.45) is 0.697. The van der Waals surface area contributed by atoms with E-state index < -0.39 is 0 Å². The van der Waals surface area contributed by atoms with Crippen molar-refractivity contribution in [3.8, 4) is 11.8 Å². The van der Waals surface area contributed by atoms with Gasteiger partial charge in [-0.15, -0.1) is 0 Å². The van der Waals surface area contributed by atoms with E-state index in [1.165, 1.54) is 0 Å². The first kappa shape index (κ1) is 9.53. The average Bonchev–Trinajstić information content (AvgIpc) is 2.30. The van der Waals surface area contributed by atoms with Crippen LogP contribution < -0.4 is 4.74 Å². The second kappa shape index (κ2) is 4.47. The summed E-state index contributed by atoms with van der Waals surface area (Å²) in [5, 5.41) is 12.2. The lowest BCUT2D eigenvalue weighted by Gasteiger charge is -2.17. The largest absolute Gasteiger partial charge is 0.492 e. The summed E-state index contributed by atoms with van der Waals surface area (Å²) in [6, 6.07) is 10.2. The molecule has 0 saturated heterocycles. The molecule has 0 spiro atoms. The van der Waals surface area contributed by atoms with Gasteiger partial charge >= 0.3 is 0 Å². The van der Waals surface area contributed by atoms with Crippen LogP contribution in [0.1, 0.15) is 12.0 Å². The molecule has 0 amide bonds. The zero-order valence-electron chi connectivity index (χ0n) is 8.06. The quantitative estimate of drug-likeness (QED) is 0.538. The molecule has 0 fully saturated rings. The molecule has 2 rings (SSSR count).